The molecule has 0 saturated carbocycles. The van der Waals surface area contributed by atoms with Gasteiger partial charge in [-0.1, -0.05) is 88.1 Å². The summed E-state index contributed by atoms with van der Waals surface area (Å²) in [7, 11) is 0. The molecule has 0 bridgehead atoms. The monoisotopic (exact) mass is 452 g/mol. The maximum atomic E-state index is 15.1. The Morgan fingerprint density at radius 3 is 2.06 bits per heavy atom. The number of rotatable bonds is 9. The summed E-state index contributed by atoms with van der Waals surface area (Å²) >= 11 is 0. The lowest BCUT2D eigenvalue weighted by atomic mass is 9.90. The van der Waals surface area contributed by atoms with Crippen LogP contribution in [0.4, 0.5) is 13.2 Å². The zero-order valence-corrected chi connectivity index (χ0v) is 19.4. The number of aryl methyl sites for hydroxylation is 2. The van der Waals surface area contributed by atoms with E-state index < -0.39 is 11.9 Å². The van der Waals surface area contributed by atoms with Crippen molar-refractivity contribution in [2.24, 2.45) is 0 Å². The molecule has 0 aliphatic carbocycles. The molecule has 0 aromatic heterocycles. The summed E-state index contributed by atoms with van der Waals surface area (Å²) in [5.74, 6) is -1.01. The minimum atomic E-state index is -3.60. The molecule has 0 amide bonds. The first-order valence-electron chi connectivity index (χ1n) is 12.1. The largest absolute Gasteiger partial charge is 0.427 e. The Balaban J connectivity index is 1.65. The standard InChI is InChI=1S/C29H31F3O/c1-3-5-7-9-20-11-13-21(14-12-20)23-16-17-24-25-18-15-22(10-8-6-4-2)27(30)28(25)33-29(31,32)26(24)19-23/h11-19H,3-10H2,1-2H3. The van der Waals surface area contributed by atoms with Crippen LogP contribution >= 0.6 is 0 Å². The summed E-state index contributed by atoms with van der Waals surface area (Å²) in [5, 5.41) is 0. The number of fused-ring (bicyclic) bond motifs is 3. The van der Waals surface area contributed by atoms with E-state index in [4.69, 9.17) is 4.74 Å². The van der Waals surface area contributed by atoms with Crippen LogP contribution in [0.3, 0.4) is 0 Å². The van der Waals surface area contributed by atoms with Gasteiger partial charge in [0.25, 0.3) is 0 Å². The van der Waals surface area contributed by atoms with Crippen molar-refractivity contribution in [1.82, 2.24) is 0 Å². The van der Waals surface area contributed by atoms with Gasteiger partial charge in [-0.25, -0.2) is 4.39 Å². The van der Waals surface area contributed by atoms with Gasteiger partial charge in [0.15, 0.2) is 11.6 Å². The van der Waals surface area contributed by atoms with Gasteiger partial charge in [0.05, 0.1) is 5.56 Å². The van der Waals surface area contributed by atoms with Crippen molar-refractivity contribution in [1.29, 1.82) is 0 Å². The summed E-state index contributed by atoms with van der Waals surface area (Å²) in [6.45, 7) is 4.25. The molecule has 3 aromatic rings. The second kappa shape index (κ2) is 10.0. The van der Waals surface area contributed by atoms with Gasteiger partial charge in [0, 0.05) is 5.56 Å². The van der Waals surface area contributed by atoms with Crippen LogP contribution in [-0.4, -0.2) is 0 Å². The Morgan fingerprint density at radius 2 is 1.36 bits per heavy atom. The van der Waals surface area contributed by atoms with E-state index >= 15 is 13.2 Å². The van der Waals surface area contributed by atoms with Gasteiger partial charge < -0.3 is 4.74 Å². The molecule has 0 unspecified atom stereocenters. The highest BCUT2D eigenvalue weighted by Crippen LogP contribution is 2.49. The van der Waals surface area contributed by atoms with E-state index in [2.05, 4.69) is 26.0 Å². The van der Waals surface area contributed by atoms with Crippen LogP contribution in [0, 0.1) is 5.82 Å². The number of halogens is 3. The fourth-order valence-corrected chi connectivity index (χ4v) is 4.49. The molecule has 4 rings (SSSR count). The molecule has 0 atom stereocenters. The van der Waals surface area contributed by atoms with Crippen LogP contribution in [0.2, 0.25) is 0 Å². The van der Waals surface area contributed by atoms with E-state index in [0.29, 0.717) is 28.7 Å². The Morgan fingerprint density at radius 1 is 0.727 bits per heavy atom. The predicted octanol–water partition coefficient (Wildman–Crippen LogP) is 9.07. The Hall–Kier alpha value is -2.75. The Bertz CT molecular complexity index is 1100. The fourth-order valence-electron chi connectivity index (χ4n) is 4.49. The molecule has 174 valence electrons. The minimum Gasteiger partial charge on any atom is -0.425 e. The van der Waals surface area contributed by atoms with Crippen molar-refractivity contribution in [2.45, 2.75) is 71.3 Å². The predicted molar refractivity (Wildman–Crippen MR) is 128 cm³/mol. The lowest BCUT2D eigenvalue weighted by molar-refractivity contribution is -0.188. The van der Waals surface area contributed by atoms with E-state index in [1.807, 2.05) is 18.2 Å². The zero-order valence-electron chi connectivity index (χ0n) is 19.4. The SMILES string of the molecule is CCCCCc1ccc(-c2ccc3c(c2)C(F)(F)Oc2c-3ccc(CCCCC)c2F)cc1. The van der Waals surface area contributed by atoms with E-state index in [-0.39, 0.29) is 11.3 Å². The first-order valence-corrected chi connectivity index (χ1v) is 12.1. The highest BCUT2D eigenvalue weighted by Gasteiger charge is 2.43. The molecule has 1 aliphatic heterocycles. The number of benzene rings is 3. The highest BCUT2D eigenvalue weighted by atomic mass is 19.3. The molecular formula is C29H31F3O. The first-order chi connectivity index (χ1) is 15.9. The van der Waals surface area contributed by atoms with E-state index in [1.165, 1.54) is 24.5 Å². The fraction of sp³-hybridized carbons (Fsp3) is 0.379. The van der Waals surface area contributed by atoms with Crippen molar-refractivity contribution in [2.75, 3.05) is 0 Å². The third-order valence-corrected chi connectivity index (χ3v) is 6.44. The molecule has 0 fully saturated rings. The van der Waals surface area contributed by atoms with Gasteiger partial charge >= 0.3 is 6.11 Å². The molecule has 1 aliphatic rings. The topological polar surface area (TPSA) is 9.23 Å². The normalized spacial score (nSPS) is 13.8. The quantitative estimate of drug-likeness (QED) is 0.294. The molecule has 0 radical (unpaired) electrons. The lowest BCUT2D eigenvalue weighted by Gasteiger charge is -2.29. The maximum absolute atomic E-state index is 15.1. The van der Waals surface area contributed by atoms with Gasteiger partial charge in [-0.3, -0.25) is 0 Å². The first kappa shape index (κ1) is 23.4. The van der Waals surface area contributed by atoms with Crippen LogP contribution < -0.4 is 4.74 Å². The van der Waals surface area contributed by atoms with Gasteiger partial charge in [-0.15, -0.1) is 0 Å². The zero-order chi connectivity index (χ0) is 23.4. The third kappa shape index (κ3) is 4.95. The van der Waals surface area contributed by atoms with Gasteiger partial charge in [0.2, 0.25) is 0 Å². The molecule has 3 aromatic carbocycles. The lowest BCUT2D eigenvalue weighted by Crippen LogP contribution is -2.27. The maximum Gasteiger partial charge on any atom is 0.427 e. The second-order valence-electron chi connectivity index (χ2n) is 8.91. The number of unbranched alkanes of at least 4 members (excludes halogenated alkanes) is 4. The van der Waals surface area contributed by atoms with Gasteiger partial charge in [0.1, 0.15) is 0 Å². The summed E-state index contributed by atoms with van der Waals surface area (Å²) in [4.78, 5) is 0. The van der Waals surface area contributed by atoms with Crippen molar-refractivity contribution in [3.63, 3.8) is 0 Å². The Labute approximate surface area is 194 Å². The third-order valence-electron chi connectivity index (χ3n) is 6.44. The van der Waals surface area contributed by atoms with Crippen LogP contribution in [-0.2, 0) is 19.0 Å². The second-order valence-corrected chi connectivity index (χ2v) is 8.91. The number of alkyl halides is 2. The van der Waals surface area contributed by atoms with Crippen molar-refractivity contribution in [3.05, 3.63) is 77.1 Å². The summed E-state index contributed by atoms with van der Waals surface area (Å²) in [5.41, 5.74) is 3.71. The summed E-state index contributed by atoms with van der Waals surface area (Å²) in [6.07, 6.45) is 4.27. The van der Waals surface area contributed by atoms with E-state index in [0.717, 1.165) is 37.7 Å². The summed E-state index contributed by atoms with van der Waals surface area (Å²) < 4.78 is 50.1. The van der Waals surface area contributed by atoms with Crippen LogP contribution in [0.5, 0.6) is 5.75 Å². The minimum absolute atomic E-state index is 0.224. The summed E-state index contributed by atoms with van der Waals surface area (Å²) in [6, 6.07) is 16.4. The molecule has 0 spiro atoms. The van der Waals surface area contributed by atoms with Crippen LogP contribution in [0.15, 0.2) is 54.6 Å². The molecule has 1 nitrogen and oxygen atoms in total. The highest BCUT2D eigenvalue weighted by molar-refractivity contribution is 5.80. The van der Waals surface area contributed by atoms with Gasteiger partial charge in [-0.2, -0.15) is 8.78 Å². The molecule has 0 N–H and O–H groups in total. The Kier molecular flexibility index (Phi) is 7.11. The van der Waals surface area contributed by atoms with E-state index in [9.17, 15) is 0 Å². The molecular weight excluding hydrogens is 421 g/mol. The van der Waals surface area contributed by atoms with Crippen LogP contribution in [0.25, 0.3) is 22.3 Å². The average Bonchev–Trinajstić information content (AvgIpc) is 2.81. The number of hydrogen-bond donors (Lipinski definition) is 0. The number of ether oxygens (including phenoxy) is 1. The average molecular weight is 453 g/mol. The molecule has 4 heteroatoms. The van der Waals surface area contributed by atoms with Crippen molar-refractivity contribution >= 4 is 0 Å². The molecule has 0 saturated heterocycles. The van der Waals surface area contributed by atoms with Gasteiger partial charge in [-0.05, 0) is 59.6 Å². The molecule has 1 heterocycles. The van der Waals surface area contributed by atoms with Crippen LogP contribution in [0.1, 0.15) is 69.1 Å². The van der Waals surface area contributed by atoms with Crippen molar-refractivity contribution < 1.29 is 17.9 Å². The smallest absolute Gasteiger partial charge is 0.425 e. The van der Waals surface area contributed by atoms with E-state index in [1.54, 1.807) is 18.2 Å². The number of hydrogen-bond acceptors (Lipinski definition) is 1. The van der Waals surface area contributed by atoms with Crippen molar-refractivity contribution in [3.8, 4) is 28.0 Å². The molecule has 33 heavy (non-hydrogen) atoms.